The van der Waals surface area contributed by atoms with Gasteiger partial charge in [0.2, 0.25) is 0 Å². The van der Waals surface area contributed by atoms with E-state index in [1.807, 2.05) is 0 Å². The number of hydroxylamine groups is 2. The maximum Gasteiger partial charge on any atom is 0.377 e. The summed E-state index contributed by atoms with van der Waals surface area (Å²) in [5.41, 5.74) is 5.92. The van der Waals surface area contributed by atoms with Crippen molar-refractivity contribution in [1.29, 1.82) is 5.41 Å². The molecule has 1 fully saturated rings. The van der Waals surface area contributed by atoms with Gasteiger partial charge in [-0.15, -0.1) is 5.06 Å². The third kappa shape index (κ3) is 3.82. The number of piperidine rings is 1. The molecule has 156 valence electrons. The lowest BCUT2D eigenvalue weighted by molar-refractivity contribution is -0.185. The summed E-state index contributed by atoms with van der Waals surface area (Å²) in [6.45, 7) is 5.76. The van der Waals surface area contributed by atoms with E-state index in [2.05, 4.69) is 19.0 Å². The number of carbonyl (C=O) groups excluding carboxylic acids is 1. The highest BCUT2D eigenvalue weighted by molar-refractivity contribution is 6.43. The van der Waals surface area contributed by atoms with Gasteiger partial charge in [0.25, 0.3) is 0 Å². The molecule has 29 heavy (non-hydrogen) atoms. The molecule has 0 atom stereocenters. The van der Waals surface area contributed by atoms with Gasteiger partial charge in [-0.05, 0) is 68.6 Å². The minimum Gasteiger partial charge on any atom is -0.363 e. The van der Waals surface area contributed by atoms with Crippen molar-refractivity contribution in [2.75, 3.05) is 13.1 Å². The van der Waals surface area contributed by atoms with E-state index >= 15 is 0 Å². The number of fused-ring (bicyclic) bond motifs is 3. The Hall–Kier alpha value is -2.21. The Balaban J connectivity index is 1.75. The Bertz CT molecular complexity index is 925. The first-order chi connectivity index (χ1) is 14.1. The lowest BCUT2D eigenvalue weighted by atomic mass is 9.84. The van der Waals surface area contributed by atoms with Crippen molar-refractivity contribution < 1.29 is 14.2 Å². The number of nitrogens with zero attached hydrogens (tertiary/aromatic N) is 2. The zero-order valence-corrected chi connectivity index (χ0v) is 17.6. The molecule has 1 saturated heterocycles. The molecule has 2 aliphatic rings. The Kier molecular flexibility index (Phi) is 5.99. The first-order valence-electron chi connectivity index (χ1n) is 11.1. The molecular formula is C23H31N3O3. The van der Waals surface area contributed by atoms with Crippen molar-refractivity contribution in [3.05, 3.63) is 27.9 Å². The van der Waals surface area contributed by atoms with Crippen LogP contribution < -0.4 is 0 Å². The molecular weight excluding hydrogens is 366 g/mol. The summed E-state index contributed by atoms with van der Waals surface area (Å²) in [4.78, 5) is 18.2. The number of aryl methyl sites for hydroxylation is 2. The van der Waals surface area contributed by atoms with Gasteiger partial charge in [-0.1, -0.05) is 31.3 Å². The molecule has 0 unspecified atom stereocenters. The van der Waals surface area contributed by atoms with Gasteiger partial charge < -0.3 is 9.36 Å². The maximum absolute atomic E-state index is 12.7. The van der Waals surface area contributed by atoms with E-state index < -0.39 is 5.97 Å². The third-order valence-corrected chi connectivity index (χ3v) is 6.46. The largest absolute Gasteiger partial charge is 0.377 e. The second-order valence-electron chi connectivity index (χ2n) is 8.31. The molecule has 1 aliphatic carbocycles. The molecule has 4 rings (SSSR count). The molecule has 1 aliphatic heterocycles. The summed E-state index contributed by atoms with van der Waals surface area (Å²) in [5.74, 6) is -0.639. The van der Waals surface area contributed by atoms with E-state index in [9.17, 15) is 4.79 Å². The fourth-order valence-electron chi connectivity index (χ4n) is 4.89. The molecule has 0 saturated carbocycles. The zero-order valence-electron chi connectivity index (χ0n) is 17.6. The second-order valence-corrected chi connectivity index (χ2v) is 8.31. The SMILES string of the molecule is CCc1c(C)c2c(c3c(C(=N)C(=O)ON4CCCCC4)noc13)CCCCCC2. The lowest BCUT2D eigenvalue weighted by Crippen LogP contribution is -2.35. The number of hydrogen-bond acceptors (Lipinski definition) is 6. The van der Waals surface area contributed by atoms with E-state index in [-0.39, 0.29) is 5.71 Å². The first kappa shape index (κ1) is 20.1. The van der Waals surface area contributed by atoms with Crippen molar-refractivity contribution in [1.82, 2.24) is 10.2 Å². The molecule has 6 heteroatoms. The van der Waals surface area contributed by atoms with E-state index in [0.29, 0.717) is 5.69 Å². The molecule has 0 spiro atoms. The molecule has 1 aromatic carbocycles. The summed E-state index contributed by atoms with van der Waals surface area (Å²) in [5, 5.41) is 15.3. The van der Waals surface area contributed by atoms with Crippen LogP contribution in [0, 0.1) is 12.3 Å². The molecule has 0 bridgehead atoms. The van der Waals surface area contributed by atoms with Crippen LogP contribution in [0.5, 0.6) is 0 Å². The fraction of sp³-hybridized carbons (Fsp3) is 0.609. The predicted octanol–water partition coefficient (Wildman–Crippen LogP) is 4.67. The minimum absolute atomic E-state index is 0.204. The lowest BCUT2D eigenvalue weighted by Gasteiger charge is -2.24. The van der Waals surface area contributed by atoms with Gasteiger partial charge in [-0.3, -0.25) is 5.41 Å². The minimum atomic E-state index is -0.639. The molecule has 1 aromatic heterocycles. The van der Waals surface area contributed by atoms with Crippen molar-refractivity contribution in [2.24, 2.45) is 0 Å². The zero-order chi connectivity index (χ0) is 20.4. The van der Waals surface area contributed by atoms with Gasteiger partial charge in [0.05, 0.1) is 5.39 Å². The summed E-state index contributed by atoms with van der Waals surface area (Å²) in [7, 11) is 0. The summed E-state index contributed by atoms with van der Waals surface area (Å²) < 4.78 is 5.74. The molecule has 6 nitrogen and oxygen atoms in total. The van der Waals surface area contributed by atoms with Gasteiger partial charge in [0.15, 0.2) is 11.3 Å². The standard InChI is InChI=1S/C23H31N3O3/c1-3-16-15(2)17-11-7-4-5-8-12-18(17)19-21(25-28-22(16)19)20(24)23(27)29-26-13-9-6-10-14-26/h24H,3-14H2,1-2H3. The molecule has 0 amide bonds. The fourth-order valence-corrected chi connectivity index (χ4v) is 4.89. The highest BCUT2D eigenvalue weighted by Crippen LogP contribution is 2.36. The van der Waals surface area contributed by atoms with Crippen LogP contribution in [0.25, 0.3) is 11.0 Å². The molecule has 2 heterocycles. The monoisotopic (exact) mass is 397 g/mol. The molecule has 1 N–H and O–H groups in total. The molecule has 2 aromatic rings. The highest BCUT2D eigenvalue weighted by Gasteiger charge is 2.29. The number of nitrogens with one attached hydrogen (secondary N) is 1. The highest BCUT2D eigenvalue weighted by atomic mass is 16.7. The van der Waals surface area contributed by atoms with Crippen molar-refractivity contribution in [3.8, 4) is 0 Å². The Morgan fingerprint density at radius 3 is 2.41 bits per heavy atom. The molecule has 0 radical (unpaired) electrons. The normalized spacial score (nSPS) is 18.1. The smallest absolute Gasteiger partial charge is 0.363 e. The topological polar surface area (TPSA) is 79.4 Å². The maximum atomic E-state index is 12.7. The van der Waals surface area contributed by atoms with Crippen LogP contribution in [0.3, 0.4) is 0 Å². The third-order valence-electron chi connectivity index (χ3n) is 6.46. The van der Waals surface area contributed by atoms with Crippen LogP contribution >= 0.6 is 0 Å². The number of hydrogen-bond donors (Lipinski definition) is 1. The van der Waals surface area contributed by atoms with Crippen LogP contribution in [0.1, 0.15) is 79.8 Å². The van der Waals surface area contributed by atoms with E-state index in [0.717, 1.165) is 74.6 Å². The van der Waals surface area contributed by atoms with Gasteiger partial charge in [0, 0.05) is 18.7 Å². The van der Waals surface area contributed by atoms with Crippen LogP contribution in [0.2, 0.25) is 0 Å². The summed E-state index contributed by atoms with van der Waals surface area (Å²) in [6, 6.07) is 0. The number of carbonyl (C=O) groups is 1. The average Bonchev–Trinajstić information content (AvgIpc) is 3.13. The second kappa shape index (κ2) is 8.66. The van der Waals surface area contributed by atoms with Crippen molar-refractivity contribution >= 4 is 22.7 Å². The summed E-state index contributed by atoms with van der Waals surface area (Å²) >= 11 is 0. The average molecular weight is 398 g/mol. The van der Waals surface area contributed by atoms with E-state index in [4.69, 9.17) is 14.8 Å². The number of rotatable bonds is 4. The first-order valence-corrected chi connectivity index (χ1v) is 11.1. The van der Waals surface area contributed by atoms with Crippen molar-refractivity contribution in [3.63, 3.8) is 0 Å². The Labute approximate surface area is 172 Å². The van der Waals surface area contributed by atoms with E-state index in [1.165, 1.54) is 36.0 Å². The van der Waals surface area contributed by atoms with Crippen LogP contribution in [-0.4, -0.2) is 35.0 Å². The van der Waals surface area contributed by atoms with Crippen LogP contribution in [-0.2, 0) is 28.9 Å². The van der Waals surface area contributed by atoms with Gasteiger partial charge in [-0.2, -0.15) is 0 Å². The Morgan fingerprint density at radius 2 is 1.72 bits per heavy atom. The van der Waals surface area contributed by atoms with Gasteiger partial charge >= 0.3 is 5.97 Å². The van der Waals surface area contributed by atoms with Gasteiger partial charge in [0.1, 0.15) is 5.69 Å². The quantitative estimate of drug-likeness (QED) is 0.759. The summed E-state index contributed by atoms with van der Waals surface area (Å²) in [6.07, 6.45) is 10.8. The number of aromatic nitrogens is 1. The predicted molar refractivity (Wildman–Crippen MR) is 112 cm³/mol. The van der Waals surface area contributed by atoms with Crippen LogP contribution in [0.15, 0.2) is 4.52 Å². The van der Waals surface area contributed by atoms with E-state index in [1.54, 1.807) is 5.06 Å². The number of benzene rings is 1. The van der Waals surface area contributed by atoms with Gasteiger partial charge in [-0.25, -0.2) is 4.79 Å². The van der Waals surface area contributed by atoms with Crippen molar-refractivity contribution in [2.45, 2.75) is 78.1 Å². The van der Waals surface area contributed by atoms with Crippen LogP contribution in [0.4, 0.5) is 0 Å². The Morgan fingerprint density at radius 1 is 1.07 bits per heavy atom.